The van der Waals surface area contributed by atoms with Crippen LogP contribution in [0.25, 0.3) is 0 Å². The van der Waals surface area contributed by atoms with Crippen LogP contribution in [0.2, 0.25) is 0 Å². The summed E-state index contributed by atoms with van der Waals surface area (Å²) in [6.45, 7) is 0.0693. The van der Waals surface area contributed by atoms with E-state index in [1.54, 1.807) is 0 Å². The number of nitrogens with zero attached hydrogens (tertiary/aromatic N) is 1. The average molecular weight is 173 g/mol. The molecule has 0 bridgehead atoms. The highest BCUT2D eigenvalue weighted by atomic mass is 16.3. The Balaban J connectivity index is 2.29. The highest BCUT2D eigenvalue weighted by molar-refractivity contribution is 5.39. The minimum Gasteiger partial charge on any atom is -0.392 e. The second-order valence-electron chi connectivity index (χ2n) is 3.55. The number of nitriles is 1. The molecule has 0 spiro atoms. The van der Waals surface area contributed by atoms with Crippen LogP contribution in [0.15, 0.2) is 24.3 Å². The molecule has 0 radical (unpaired) electrons. The number of hydrogen-bond acceptors (Lipinski definition) is 2. The van der Waals surface area contributed by atoms with Gasteiger partial charge in [-0.15, -0.1) is 0 Å². The Bertz CT molecular complexity index is 343. The second-order valence-corrected chi connectivity index (χ2v) is 3.55. The third kappa shape index (κ3) is 1.32. The fraction of sp³-hybridized carbons (Fsp3) is 0.364. The molecule has 2 heteroatoms. The van der Waals surface area contributed by atoms with Crippen molar-refractivity contribution in [2.45, 2.75) is 24.9 Å². The summed E-state index contributed by atoms with van der Waals surface area (Å²) in [4.78, 5) is 0. The maximum Gasteiger partial charge on any atom is 0.0823 e. The molecule has 0 aromatic heterocycles. The zero-order valence-corrected chi connectivity index (χ0v) is 7.33. The lowest BCUT2D eigenvalue weighted by atomic mass is 9.97. The van der Waals surface area contributed by atoms with Gasteiger partial charge in [-0.1, -0.05) is 24.3 Å². The molecule has 1 saturated carbocycles. The smallest absolute Gasteiger partial charge is 0.0823 e. The Morgan fingerprint density at radius 2 is 1.92 bits per heavy atom. The monoisotopic (exact) mass is 173 g/mol. The van der Waals surface area contributed by atoms with Gasteiger partial charge in [-0.05, 0) is 24.0 Å². The fourth-order valence-electron chi connectivity index (χ4n) is 1.52. The van der Waals surface area contributed by atoms with Crippen LogP contribution in [0.3, 0.4) is 0 Å². The summed E-state index contributed by atoms with van der Waals surface area (Å²) in [5.41, 5.74) is 1.79. The van der Waals surface area contributed by atoms with Crippen LogP contribution in [0.5, 0.6) is 0 Å². The fourth-order valence-corrected chi connectivity index (χ4v) is 1.52. The molecular formula is C11H11NO. The Hall–Kier alpha value is -1.33. The van der Waals surface area contributed by atoms with Crippen molar-refractivity contribution in [2.75, 3.05) is 0 Å². The largest absolute Gasteiger partial charge is 0.392 e. The van der Waals surface area contributed by atoms with Gasteiger partial charge < -0.3 is 5.11 Å². The van der Waals surface area contributed by atoms with Gasteiger partial charge in [-0.2, -0.15) is 5.26 Å². The standard InChI is InChI=1S/C11H11NO/c12-8-11(5-6-11)10-3-1-9(7-13)2-4-10/h1-4,13H,5-7H2. The summed E-state index contributed by atoms with van der Waals surface area (Å²) >= 11 is 0. The van der Waals surface area contributed by atoms with Crippen molar-refractivity contribution >= 4 is 0 Å². The molecule has 0 saturated heterocycles. The molecule has 1 aromatic rings. The van der Waals surface area contributed by atoms with Crippen LogP contribution in [0.4, 0.5) is 0 Å². The predicted octanol–water partition coefficient (Wildman–Crippen LogP) is 1.73. The van der Waals surface area contributed by atoms with Gasteiger partial charge >= 0.3 is 0 Å². The van der Waals surface area contributed by atoms with Gasteiger partial charge in [0.15, 0.2) is 0 Å². The lowest BCUT2D eigenvalue weighted by Gasteiger charge is -2.05. The van der Waals surface area contributed by atoms with E-state index >= 15 is 0 Å². The van der Waals surface area contributed by atoms with E-state index < -0.39 is 0 Å². The first-order valence-electron chi connectivity index (χ1n) is 4.42. The van der Waals surface area contributed by atoms with Crippen molar-refractivity contribution in [3.05, 3.63) is 35.4 Å². The highest BCUT2D eigenvalue weighted by Crippen LogP contribution is 2.47. The molecule has 2 nitrogen and oxygen atoms in total. The van der Waals surface area contributed by atoms with Gasteiger partial charge in [0.05, 0.1) is 18.1 Å². The van der Waals surface area contributed by atoms with Crippen LogP contribution in [0, 0.1) is 11.3 Å². The summed E-state index contributed by atoms with van der Waals surface area (Å²) in [7, 11) is 0. The van der Waals surface area contributed by atoms with Crippen molar-refractivity contribution in [1.82, 2.24) is 0 Å². The molecule has 1 aromatic carbocycles. The molecule has 0 unspecified atom stereocenters. The summed E-state index contributed by atoms with van der Waals surface area (Å²) in [6, 6.07) is 10.00. The van der Waals surface area contributed by atoms with Crippen molar-refractivity contribution in [3.63, 3.8) is 0 Å². The minimum absolute atomic E-state index is 0.0693. The molecule has 13 heavy (non-hydrogen) atoms. The number of benzene rings is 1. The zero-order chi connectivity index (χ0) is 9.31. The van der Waals surface area contributed by atoms with E-state index in [0.717, 1.165) is 24.0 Å². The van der Waals surface area contributed by atoms with E-state index in [2.05, 4.69) is 6.07 Å². The number of aliphatic hydroxyl groups excluding tert-OH is 1. The molecule has 0 amide bonds. The van der Waals surface area contributed by atoms with Crippen LogP contribution in [-0.4, -0.2) is 5.11 Å². The van der Waals surface area contributed by atoms with E-state index in [0.29, 0.717) is 0 Å². The third-order valence-electron chi connectivity index (χ3n) is 2.65. The molecule has 0 heterocycles. The summed E-state index contributed by atoms with van der Waals surface area (Å²) in [5, 5.41) is 17.8. The Labute approximate surface area is 77.4 Å². The first-order valence-corrected chi connectivity index (χ1v) is 4.42. The molecule has 2 rings (SSSR count). The lowest BCUT2D eigenvalue weighted by molar-refractivity contribution is 0.282. The van der Waals surface area contributed by atoms with E-state index in [9.17, 15) is 0 Å². The SMILES string of the molecule is N#CC1(c2ccc(CO)cc2)CC1. The number of rotatable bonds is 2. The van der Waals surface area contributed by atoms with Crippen molar-refractivity contribution in [1.29, 1.82) is 5.26 Å². The number of hydrogen-bond donors (Lipinski definition) is 1. The van der Waals surface area contributed by atoms with Gasteiger partial charge in [0, 0.05) is 0 Å². The first kappa shape index (κ1) is 8.28. The zero-order valence-electron chi connectivity index (χ0n) is 7.33. The van der Waals surface area contributed by atoms with Crippen molar-refractivity contribution in [3.8, 4) is 6.07 Å². The molecule has 0 aliphatic heterocycles. The molecule has 1 aliphatic carbocycles. The molecular weight excluding hydrogens is 162 g/mol. The van der Waals surface area contributed by atoms with Gasteiger partial charge in [0.25, 0.3) is 0 Å². The summed E-state index contributed by atoms with van der Waals surface area (Å²) in [5.74, 6) is 0. The third-order valence-corrected chi connectivity index (χ3v) is 2.65. The molecule has 0 atom stereocenters. The van der Waals surface area contributed by atoms with Crippen LogP contribution in [-0.2, 0) is 12.0 Å². The molecule has 66 valence electrons. The Morgan fingerprint density at radius 1 is 1.31 bits per heavy atom. The molecule has 1 fully saturated rings. The highest BCUT2D eigenvalue weighted by Gasteiger charge is 2.44. The maximum absolute atomic E-state index is 8.94. The minimum atomic E-state index is -0.200. The normalized spacial score (nSPS) is 17.8. The lowest BCUT2D eigenvalue weighted by Crippen LogP contribution is -2.02. The van der Waals surface area contributed by atoms with E-state index in [1.165, 1.54) is 0 Å². The van der Waals surface area contributed by atoms with E-state index in [1.807, 2.05) is 24.3 Å². The van der Waals surface area contributed by atoms with Crippen molar-refractivity contribution in [2.24, 2.45) is 0 Å². The van der Waals surface area contributed by atoms with Gasteiger partial charge in [-0.3, -0.25) is 0 Å². The quantitative estimate of drug-likeness (QED) is 0.740. The van der Waals surface area contributed by atoms with Crippen LogP contribution < -0.4 is 0 Å². The number of aliphatic hydroxyl groups is 1. The topological polar surface area (TPSA) is 44.0 Å². The Kier molecular flexibility index (Phi) is 1.82. The van der Waals surface area contributed by atoms with E-state index in [4.69, 9.17) is 10.4 Å². The second kappa shape index (κ2) is 2.86. The molecule has 1 aliphatic rings. The maximum atomic E-state index is 8.94. The first-order chi connectivity index (χ1) is 6.30. The molecule has 1 N–H and O–H groups in total. The summed E-state index contributed by atoms with van der Waals surface area (Å²) < 4.78 is 0. The summed E-state index contributed by atoms with van der Waals surface area (Å²) in [6.07, 6.45) is 1.95. The van der Waals surface area contributed by atoms with Crippen LogP contribution >= 0.6 is 0 Å². The van der Waals surface area contributed by atoms with Gasteiger partial charge in [-0.25, -0.2) is 0 Å². The van der Waals surface area contributed by atoms with E-state index in [-0.39, 0.29) is 12.0 Å². The average Bonchev–Trinajstić information content (AvgIpc) is 2.99. The van der Waals surface area contributed by atoms with Gasteiger partial charge in [0.1, 0.15) is 0 Å². The Morgan fingerprint density at radius 3 is 2.31 bits per heavy atom. The van der Waals surface area contributed by atoms with Crippen molar-refractivity contribution < 1.29 is 5.11 Å². The van der Waals surface area contributed by atoms with Gasteiger partial charge in [0.2, 0.25) is 0 Å². The predicted molar refractivity (Wildman–Crippen MR) is 48.9 cm³/mol. The van der Waals surface area contributed by atoms with Crippen LogP contribution in [0.1, 0.15) is 24.0 Å².